The number of thiophene rings is 1. The van der Waals surface area contributed by atoms with Crippen molar-refractivity contribution in [1.29, 1.82) is 0 Å². The second kappa shape index (κ2) is 7.99. The smallest absolute Gasteiger partial charge is 0.271 e. The molecular weight excluding hydrogens is 378 g/mol. The number of fused-ring (bicyclic) bond motifs is 3. The van der Waals surface area contributed by atoms with Gasteiger partial charge in [0.15, 0.2) is 0 Å². The molecule has 2 aromatic carbocycles. The Morgan fingerprint density at radius 3 is 2.69 bits per heavy atom. The van der Waals surface area contributed by atoms with Gasteiger partial charge in [0, 0.05) is 28.4 Å². The lowest BCUT2D eigenvalue weighted by atomic mass is 9.95. The maximum Gasteiger partial charge on any atom is 0.271 e. The largest absolute Gasteiger partial charge is 0.384 e. The second-order valence-corrected chi connectivity index (χ2v) is 8.92. The van der Waals surface area contributed by atoms with E-state index in [0.29, 0.717) is 6.04 Å². The second-order valence-electron chi connectivity index (χ2n) is 7.87. The zero-order chi connectivity index (χ0) is 19.6. The van der Waals surface area contributed by atoms with E-state index in [2.05, 4.69) is 47.8 Å². The summed E-state index contributed by atoms with van der Waals surface area (Å²) in [6, 6.07) is 17.0. The van der Waals surface area contributed by atoms with Crippen LogP contribution in [0.2, 0.25) is 0 Å². The molecule has 148 valence electrons. The van der Waals surface area contributed by atoms with Gasteiger partial charge in [0.1, 0.15) is 4.70 Å². The van der Waals surface area contributed by atoms with Gasteiger partial charge in [-0.25, -0.2) is 4.98 Å². The molecule has 2 heterocycles. The predicted molar refractivity (Wildman–Crippen MR) is 122 cm³/mol. The van der Waals surface area contributed by atoms with Crippen LogP contribution in [-0.2, 0) is 6.42 Å². The first kappa shape index (κ1) is 18.4. The minimum atomic E-state index is 0.123. The van der Waals surface area contributed by atoms with Crippen molar-refractivity contribution in [2.24, 2.45) is 0 Å². The monoisotopic (exact) mass is 403 g/mol. The lowest BCUT2D eigenvalue weighted by molar-refractivity contribution is 0.345. The van der Waals surface area contributed by atoms with E-state index in [0.717, 1.165) is 51.8 Å². The normalized spacial score (nSPS) is 15.2. The molecule has 0 amide bonds. The third-order valence-electron chi connectivity index (χ3n) is 5.97. The topological polar surface area (TPSA) is 46.9 Å². The molecule has 5 heteroatoms. The molecule has 4 aromatic rings. The van der Waals surface area contributed by atoms with Crippen molar-refractivity contribution in [3.05, 3.63) is 70.8 Å². The maximum atomic E-state index is 13.2. The van der Waals surface area contributed by atoms with Crippen LogP contribution in [0, 0.1) is 0 Å². The fourth-order valence-electron chi connectivity index (χ4n) is 4.44. The van der Waals surface area contributed by atoms with Gasteiger partial charge in [-0.2, -0.15) is 0 Å². The number of nitrogens with zero attached hydrogens (tertiary/aromatic N) is 2. The molecule has 0 saturated heterocycles. The maximum absolute atomic E-state index is 13.2. The van der Waals surface area contributed by atoms with Crippen molar-refractivity contribution >= 4 is 37.3 Å². The van der Waals surface area contributed by atoms with Crippen molar-refractivity contribution in [1.82, 2.24) is 9.55 Å². The summed E-state index contributed by atoms with van der Waals surface area (Å²) in [5.41, 5.74) is 3.34. The zero-order valence-electron chi connectivity index (χ0n) is 16.4. The molecule has 5 rings (SSSR count). The number of hydrogen-bond donors (Lipinski definition) is 1. The molecule has 0 unspecified atom stereocenters. The van der Waals surface area contributed by atoms with E-state index in [1.165, 1.54) is 24.8 Å². The molecule has 0 spiro atoms. The summed E-state index contributed by atoms with van der Waals surface area (Å²) >= 11 is 1.57. The summed E-state index contributed by atoms with van der Waals surface area (Å²) in [5.74, 6) is 0. The number of anilines is 1. The van der Waals surface area contributed by atoms with Crippen LogP contribution < -0.4 is 10.9 Å². The Bertz CT molecular complexity index is 1190. The van der Waals surface area contributed by atoms with Crippen LogP contribution in [0.4, 0.5) is 5.69 Å². The average molecular weight is 404 g/mol. The Hall–Kier alpha value is -2.66. The average Bonchev–Trinajstić information content (AvgIpc) is 3.16. The van der Waals surface area contributed by atoms with Gasteiger partial charge in [0.25, 0.3) is 5.56 Å². The van der Waals surface area contributed by atoms with Crippen molar-refractivity contribution in [3.8, 4) is 0 Å². The molecule has 0 bridgehead atoms. The fraction of sp³-hybridized carbons (Fsp3) is 0.333. The Balaban J connectivity index is 1.48. The van der Waals surface area contributed by atoms with Crippen LogP contribution >= 0.6 is 11.3 Å². The van der Waals surface area contributed by atoms with Crippen LogP contribution in [0.1, 0.15) is 43.7 Å². The quantitative estimate of drug-likeness (QED) is 0.460. The highest BCUT2D eigenvalue weighted by Crippen LogP contribution is 2.36. The molecule has 1 saturated carbocycles. The molecule has 1 aliphatic carbocycles. The van der Waals surface area contributed by atoms with Crippen molar-refractivity contribution in [3.63, 3.8) is 0 Å². The Kier molecular flexibility index (Phi) is 5.06. The minimum absolute atomic E-state index is 0.123. The van der Waals surface area contributed by atoms with E-state index in [1.807, 2.05) is 10.6 Å². The van der Waals surface area contributed by atoms with E-state index in [-0.39, 0.29) is 5.56 Å². The molecule has 0 radical (unpaired) electrons. The SMILES string of the molecule is O=c1c2sc3cccc(NCCc4ccccc4)c3c2ncn1C1CCCCC1. The lowest BCUT2D eigenvalue weighted by Gasteiger charge is -2.23. The lowest BCUT2D eigenvalue weighted by Crippen LogP contribution is -2.26. The highest BCUT2D eigenvalue weighted by molar-refractivity contribution is 7.25. The van der Waals surface area contributed by atoms with E-state index in [1.54, 1.807) is 17.7 Å². The van der Waals surface area contributed by atoms with Gasteiger partial charge < -0.3 is 5.32 Å². The number of benzene rings is 2. The molecule has 2 aromatic heterocycles. The van der Waals surface area contributed by atoms with Crippen molar-refractivity contribution < 1.29 is 0 Å². The molecule has 29 heavy (non-hydrogen) atoms. The molecule has 1 fully saturated rings. The summed E-state index contributed by atoms with van der Waals surface area (Å²) in [6.45, 7) is 0.847. The highest BCUT2D eigenvalue weighted by Gasteiger charge is 2.20. The number of rotatable bonds is 5. The van der Waals surface area contributed by atoms with Gasteiger partial charge in [-0.1, -0.05) is 55.7 Å². The van der Waals surface area contributed by atoms with Gasteiger partial charge in [0.05, 0.1) is 11.8 Å². The van der Waals surface area contributed by atoms with Gasteiger partial charge in [-0.15, -0.1) is 11.3 Å². The van der Waals surface area contributed by atoms with Gasteiger partial charge in [-0.3, -0.25) is 9.36 Å². The predicted octanol–water partition coefficient (Wildman–Crippen LogP) is 5.77. The first-order chi connectivity index (χ1) is 14.3. The standard InChI is InChI=1S/C24H25N3OS/c28-24-23-22(26-16-27(24)18-10-5-2-6-11-18)21-19(12-7-13-20(21)29-23)25-15-14-17-8-3-1-4-9-17/h1,3-4,7-9,12-13,16,18,25H,2,5-6,10-11,14-15H2. The number of hydrogen-bond acceptors (Lipinski definition) is 4. The van der Waals surface area contributed by atoms with Crippen molar-refractivity contribution in [2.45, 2.75) is 44.6 Å². The van der Waals surface area contributed by atoms with Gasteiger partial charge >= 0.3 is 0 Å². The third-order valence-corrected chi connectivity index (χ3v) is 7.10. The summed E-state index contributed by atoms with van der Waals surface area (Å²) in [6.07, 6.45) is 8.61. The Morgan fingerprint density at radius 1 is 1.03 bits per heavy atom. The first-order valence-corrected chi connectivity index (χ1v) is 11.3. The van der Waals surface area contributed by atoms with Crippen molar-refractivity contribution in [2.75, 3.05) is 11.9 Å². The van der Waals surface area contributed by atoms with Crippen LogP contribution in [0.15, 0.2) is 59.7 Å². The molecule has 1 aliphatic rings. The summed E-state index contributed by atoms with van der Waals surface area (Å²) in [7, 11) is 0. The summed E-state index contributed by atoms with van der Waals surface area (Å²) in [4.78, 5) is 18.0. The Morgan fingerprint density at radius 2 is 1.86 bits per heavy atom. The third kappa shape index (κ3) is 3.55. The molecule has 1 N–H and O–H groups in total. The zero-order valence-corrected chi connectivity index (χ0v) is 17.3. The van der Waals surface area contributed by atoms with Gasteiger partial charge in [0.2, 0.25) is 0 Å². The van der Waals surface area contributed by atoms with E-state index < -0.39 is 0 Å². The molecular formula is C24H25N3OS. The van der Waals surface area contributed by atoms with E-state index in [4.69, 9.17) is 4.98 Å². The number of nitrogens with one attached hydrogen (secondary N) is 1. The summed E-state index contributed by atoms with van der Waals surface area (Å²) < 4.78 is 3.79. The minimum Gasteiger partial charge on any atom is -0.384 e. The van der Waals surface area contributed by atoms with Crippen LogP contribution in [0.5, 0.6) is 0 Å². The number of aromatic nitrogens is 2. The Labute approximate surface area is 174 Å². The summed E-state index contributed by atoms with van der Waals surface area (Å²) in [5, 5.41) is 4.65. The molecule has 4 nitrogen and oxygen atoms in total. The van der Waals surface area contributed by atoms with Crippen LogP contribution in [-0.4, -0.2) is 16.1 Å². The van der Waals surface area contributed by atoms with Crippen LogP contribution in [0.25, 0.3) is 20.3 Å². The van der Waals surface area contributed by atoms with Gasteiger partial charge in [-0.05, 0) is 37.0 Å². The fourth-order valence-corrected chi connectivity index (χ4v) is 5.56. The first-order valence-electron chi connectivity index (χ1n) is 10.5. The highest BCUT2D eigenvalue weighted by atomic mass is 32.1. The molecule has 0 atom stereocenters. The molecule has 0 aliphatic heterocycles. The van der Waals surface area contributed by atoms with E-state index in [9.17, 15) is 4.79 Å². The van der Waals surface area contributed by atoms with Crippen LogP contribution in [0.3, 0.4) is 0 Å². The van der Waals surface area contributed by atoms with E-state index >= 15 is 0 Å².